The van der Waals surface area contributed by atoms with E-state index in [1.54, 1.807) is 0 Å². The number of aliphatic carboxylic acids is 1. The molecule has 0 spiro atoms. The van der Waals surface area contributed by atoms with Gasteiger partial charge in [0.1, 0.15) is 0 Å². The second kappa shape index (κ2) is 8.05. The first-order valence-electron chi connectivity index (χ1n) is 7.85. The molecule has 0 aliphatic rings. The summed E-state index contributed by atoms with van der Waals surface area (Å²) in [6.45, 7) is 4.21. The minimum absolute atomic E-state index is 0. The fourth-order valence-electron chi connectivity index (χ4n) is 2.99. The van der Waals surface area contributed by atoms with Gasteiger partial charge in [0.15, 0.2) is 0 Å². The molecular formula is C21H20O2Y. The molecule has 0 aliphatic heterocycles. The van der Waals surface area contributed by atoms with E-state index in [1.165, 1.54) is 33.0 Å². The Morgan fingerprint density at radius 3 is 2.38 bits per heavy atom. The summed E-state index contributed by atoms with van der Waals surface area (Å²) in [6, 6.07) is 19.1. The monoisotopic (exact) mass is 393 g/mol. The van der Waals surface area contributed by atoms with Gasteiger partial charge in [-0.2, -0.15) is 0 Å². The predicted molar refractivity (Wildman–Crippen MR) is 94.8 cm³/mol. The molecule has 3 aromatic rings. The van der Waals surface area contributed by atoms with Crippen LogP contribution in [0.2, 0.25) is 0 Å². The fourth-order valence-corrected chi connectivity index (χ4v) is 2.99. The van der Waals surface area contributed by atoms with Crippen LogP contribution in [-0.4, -0.2) is 11.1 Å². The minimum Gasteiger partial charge on any atom is -0.481 e. The van der Waals surface area contributed by atoms with Crippen molar-refractivity contribution < 1.29 is 42.6 Å². The van der Waals surface area contributed by atoms with E-state index in [-0.39, 0.29) is 39.1 Å². The standard InChI is InChI=1S/C21H20O2.Y/c1-14-11-16(7-10-21(22)23)12-20(15(14)2)19-9-8-17-5-3-4-6-18(17)13-19;/h3-6,8-9,11-13H,7,10H2,1-2H3,(H,22,23);. The van der Waals surface area contributed by atoms with E-state index in [0.29, 0.717) is 6.42 Å². The van der Waals surface area contributed by atoms with Crippen molar-refractivity contribution >= 4 is 16.7 Å². The van der Waals surface area contributed by atoms with Crippen molar-refractivity contribution in [2.75, 3.05) is 0 Å². The quantitative estimate of drug-likeness (QED) is 0.667. The predicted octanol–water partition coefficient (Wildman–Crippen LogP) is 5.14. The Hall–Kier alpha value is -1.51. The molecule has 0 atom stereocenters. The van der Waals surface area contributed by atoms with Gasteiger partial charge in [0.25, 0.3) is 0 Å². The first kappa shape index (κ1) is 18.8. The first-order chi connectivity index (χ1) is 11.0. The smallest absolute Gasteiger partial charge is 0.303 e. The average Bonchev–Trinajstić information content (AvgIpc) is 2.55. The summed E-state index contributed by atoms with van der Waals surface area (Å²) in [5.74, 6) is -0.754. The second-order valence-corrected chi connectivity index (χ2v) is 6.04. The maximum absolute atomic E-state index is 10.8. The van der Waals surface area contributed by atoms with Crippen molar-refractivity contribution in [2.24, 2.45) is 0 Å². The molecule has 0 amide bonds. The second-order valence-electron chi connectivity index (χ2n) is 6.04. The number of benzene rings is 3. The van der Waals surface area contributed by atoms with Gasteiger partial charge in [0.05, 0.1) is 0 Å². The summed E-state index contributed by atoms with van der Waals surface area (Å²) in [5, 5.41) is 11.4. The largest absolute Gasteiger partial charge is 0.481 e. The van der Waals surface area contributed by atoms with Gasteiger partial charge in [0, 0.05) is 39.1 Å². The van der Waals surface area contributed by atoms with Gasteiger partial charge in [0.2, 0.25) is 0 Å². The molecule has 119 valence electrons. The number of aryl methyl sites for hydroxylation is 2. The van der Waals surface area contributed by atoms with Crippen LogP contribution in [-0.2, 0) is 43.9 Å². The molecule has 0 heterocycles. The molecule has 3 heteroatoms. The maximum Gasteiger partial charge on any atom is 0.303 e. The fraction of sp³-hybridized carbons (Fsp3) is 0.190. The maximum atomic E-state index is 10.8. The molecule has 24 heavy (non-hydrogen) atoms. The molecule has 0 fully saturated rings. The van der Waals surface area contributed by atoms with Crippen molar-refractivity contribution in [2.45, 2.75) is 26.7 Å². The first-order valence-corrected chi connectivity index (χ1v) is 7.85. The van der Waals surface area contributed by atoms with Gasteiger partial charge in [-0.25, -0.2) is 0 Å². The average molecular weight is 393 g/mol. The van der Waals surface area contributed by atoms with Crippen LogP contribution in [0.1, 0.15) is 23.1 Å². The molecule has 0 bridgehead atoms. The van der Waals surface area contributed by atoms with E-state index in [4.69, 9.17) is 5.11 Å². The van der Waals surface area contributed by atoms with Crippen molar-refractivity contribution in [3.05, 3.63) is 71.3 Å². The molecule has 0 aliphatic carbocycles. The van der Waals surface area contributed by atoms with Crippen molar-refractivity contribution in [3.63, 3.8) is 0 Å². The Morgan fingerprint density at radius 2 is 1.67 bits per heavy atom. The molecule has 0 saturated carbocycles. The van der Waals surface area contributed by atoms with Crippen molar-refractivity contribution in [3.8, 4) is 11.1 Å². The Morgan fingerprint density at radius 1 is 0.958 bits per heavy atom. The Balaban J connectivity index is 0.00000208. The number of rotatable bonds is 4. The third-order valence-corrected chi connectivity index (χ3v) is 4.42. The van der Waals surface area contributed by atoms with Crippen LogP contribution >= 0.6 is 0 Å². The number of hydrogen-bond acceptors (Lipinski definition) is 1. The number of carboxylic acids is 1. The summed E-state index contributed by atoms with van der Waals surface area (Å²) >= 11 is 0. The van der Waals surface area contributed by atoms with E-state index in [1.807, 2.05) is 12.1 Å². The Bertz CT molecular complexity index is 884. The number of fused-ring (bicyclic) bond motifs is 1. The summed E-state index contributed by atoms with van der Waals surface area (Å²) in [5.41, 5.74) is 5.91. The molecule has 1 N–H and O–H groups in total. The number of carboxylic acid groups (broad SMARTS) is 1. The van der Waals surface area contributed by atoms with Crippen molar-refractivity contribution in [1.82, 2.24) is 0 Å². The van der Waals surface area contributed by atoms with Gasteiger partial charge in [-0.3, -0.25) is 4.79 Å². The van der Waals surface area contributed by atoms with Crippen LogP contribution in [0.4, 0.5) is 0 Å². The number of carbonyl (C=O) groups is 1. The van der Waals surface area contributed by atoms with E-state index < -0.39 is 5.97 Å². The summed E-state index contributed by atoms with van der Waals surface area (Å²) < 4.78 is 0. The molecule has 0 unspecified atom stereocenters. The van der Waals surface area contributed by atoms with E-state index in [2.05, 4.69) is 56.3 Å². The molecular weight excluding hydrogens is 373 g/mol. The molecule has 3 rings (SSSR count). The van der Waals surface area contributed by atoms with Gasteiger partial charge >= 0.3 is 5.97 Å². The van der Waals surface area contributed by atoms with Gasteiger partial charge in [-0.1, -0.05) is 48.5 Å². The van der Waals surface area contributed by atoms with Crippen LogP contribution in [0.25, 0.3) is 21.9 Å². The van der Waals surface area contributed by atoms with Gasteiger partial charge in [-0.05, 0) is 64.9 Å². The van der Waals surface area contributed by atoms with Gasteiger partial charge in [-0.15, -0.1) is 0 Å². The van der Waals surface area contributed by atoms with Crippen LogP contribution in [0.3, 0.4) is 0 Å². The number of hydrogen-bond donors (Lipinski definition) is 1. The van der Waals surface area contributed by atoms with Crippen LogP contribution in [0, 0.1) is 13.8 Å². The Labute approximate surface area is 167 Å². The van der Waals surface area contributed by atoms with E-state index >= 15 is 0 Å². The third-order valence-electron chi connectivity index (χ3n) is 4.42. The van der Waals surface area contributed by atoms with Crippen LogP contribution in [0.15, 0.2) is 54.6 Å². The zero-order valence-electron chi connectivity index (χ0n) is 14.0. The summed E-state index contributed by atoms with van der Waals surface area (Å²) in [7, 11) is 0. The van der Waals surface area contributed by atoms with Gasteiger partial charge < -0.3 is 5.11 Å². The molecule has 0 saturated heterocycles. The zero-order valence-corrected chi connectivity index (χ0v) is 16.9. The summed E-state index contributed by atoms with van der Waals surface area (Å²) in [4.78, 5) is 10.8. The normalized spacial score (nSPS) is 10.4. The summed E-state index contributed by atoms with van der Waals surface area (Å²) in [6.07, 6.45) is 0.733. The SMILES string of the molecule is Cc1cc(CCC(=O)O)cc(-c2ccc3ccccc3c2)c1C.[Y]. The van der Waals surface area contributed by atoms with E-state index in [9.17, 15) is 4.79 Å². The molecule has 0 aromatic heterocycles. The topological polar surface area (TPSA) is 37.3 Å². The Kier molecular flexibility index (Phi) is 6.31. The third kappa shape index (κ3) is 4.12. The van der Waals surface area contributed by atoms with Crippen LogP contribution < -0.4 is 0 Å². The molecule has 2 nitrogen and oxygen atoms in total. The minimum atomic E-state index is -0.754. The van der Waals surface area contributed by atoms with E-state index in [0.717, 1.165) is 5.56 Å². The molecule has 1 radical (unpaired) electrons. The zero-order chi connectivity index (χ0) is 16.4. The molecule has 3 aromatic carbocycles. The van der Waals surface area contributed by atoms with Crippen molar-refractivity contribution in [1.29, 1.82) is 0 Å². The van der Waals surface area contributed by atoms with Crippen LogP contribution in [0.5, 0.6) is 0 Å².